The molecule has 2 saturated heterocycles. The highest BCUT2D eigenvalue weighted by molar-refractivity contribution is 5.70. The predicted octanol–water partition coefficient (Wildman–Crippen LogP) is 2.30. The van der Waals surface area contributed by atoms with Gasteiger partial charge in [-0.2, -0.15) is 0 Å². The number of carbonyl (C=O) groups excluding carboxylic acids is 1. The lowest BCUT2D eigenvalue weighted by molar-refractivity contribution is -0.0144. The molecule has 17 heavy (non-hydrogen) atoms. The summed E-state index contributed by atoms with van der Waals surface area (Å²) < 4.78 is 5.42. The van der Waals surface area contributed by atoms with Gasteiger partial charge in [0, 0.05) is 6.04 Å². The highest BCUT2D eigenvalue weighted by Crippen LogP contribution is 2.46. The van der Waals surface area contributed by atoms with E-state index in [1.165, 1.54) is 0 Å². The minimum atomic E-state index is -0.695. The Morgan fingerprint density at radius 3 is 2.59 bits per heavy atom. The minimum absolute atomic E-state index is 0.0488. The van der Waals surface area contributed by atoms with Crippen LogP contribution in [0, 0.1) is 0 Å². The van der Waals surface area contributed by atoms with E-state index >= 15 is 0 Å². The van der Waals surface area contributed by atoms with Gasteiger partial charge in [0.2, 0.25) is 0 Å². The fourth-order valence-electron chi connectivity index (χ4n) is 3.13. The molecule has 0 saturated carbocycles. The molecule has 0 aromatic rings. The smallest absolute Gasteiger partial charge is 0.410 e. The number of fused-ring (bicyclic) bond motifs is 2. The molecule has 0 radical (unpaired) electrons. The molecule has 2 bridgehead atoms. The molecule has 2 heterocycles. The van der Waals surface area contributed by atoms with Crippen LogP contribution in [0.15, 0.2) is 0 Å². The van der Waals surface area contributed by atoms with Crippen LogP contribution in [-0.4, -0.2) is 39.4 Å². The summed E-state index contributed by atoms with van der Waals surface area (Å²) in [6.07, 6.45) is 3.02. The van der Waals surface area contributed by atoms with Gasteiger partial charge in [0.25, 0.3) is 0 Å². The summed E-state index contributed by atoms with van der Waals surface area (Å²) in [6, 6.07) is 0.118. The molecule has 1 N–H and O–H groups in total. The highest BCUT2D eigenvalue weighted by atomic mass is 16.6. The van der Waals surface area contributed by atoms with Gasteiger partial charge in [-0.15, -0.1) is 0 Å². The second-order valence-electron chi connectivity index (χ2n) is 6.30. The molecular formula is C13H23NO3. The topological polar surface area (TPSA) is 49.8 Å². The lowest BCUT2D eigenvalue weighted by Gasteiger charge is -2.32. The Morgan fingerprint density at radius 2 is 2.12 bits per heavy atom. The maximum atomic E-state index is 12.1. The first-order valence-electron chi connectivity index (χ1n) is 6.50. The molecule has 3 atom stereocenters. The van der Waals surface area contributed by atoms with Crippen LogP contribution in [0.3, 0.4) is 0 Å². The standard InChI is InChI=1S/C13H23NO3/c1-5-13(16)8-9-6-7-10(13)14(9)11(15)17-12(2,3)4/h9-10,16H,5-8H2,1-4H3/t9-,10+,13?/m0/s1. The third-order valence-corrected chi connectivity index (χ3v) is 3.93. The summed E-state index contributed by atoms with van der Waals surface area (Å²) in [6.45, 7) is 7.59. The third-order valence-electron chi connectivity index (χ3n) is 3.93. The Hall–Kier alpha value is -0.770. The molecule has 1 unspecified atom stereocenters. The van der Waals surface area contributed by atoms with Gasteiger partial charge in [0.1, 0.15) is 5.60 Å². The van der Waals surface area contributed by atoms with Gasteiger partial charge < -0.3 is 9.84 Å². The molecule has 4 nitrogen and oxygen atoms in total. The van der Waals surface area contributed by atoms with Gasteiger partial charge in [-0.25, -0.2) is 4.79 Å². The monoisotopic (exact) mass is 241 g/mol. The van der Waals surface area contributed by atoms with Crippen molar-refractivity contribution >= 4 is 6.09 Å². The van der Waals surface area contributed by atoms with E-state index in [0.717, 1.165) is 12.8 Å². The van der Waals surface area contributed by atoms with Crippen LogP contribution in [0.5, 0.6) is 0 Å². The van der Waals surface area contributed by atoms with E-state index in [2.05, 4.69) is 0 Å². The highest BCUT2D eigenvalue weighted by Gasteiger charge is 2.56. The van der Waals surface area contributed by atoms with Gasteiger partial charge in [0.05, 0.1) is 11.6 Å². The number of nitrogens with zero attached hydrogens (tertiary/aromatic N) is 1. The summed E-state index contributed by atoms with van der Waals surface area (Å²) >= 11 is 0. The molecule has 4 heteroatoms. The van der Waals surface area contributed by atoms with Gasteiger partial charge in [-0.05, 0) is 46.5 Å². The quantitative estimate of drug-likeness (QED) is 0.766. The van der Waals surface area contributed by atoms with Crippen LogP contribution in [0.2, 0.25) is 0 Å². The Morgan fingerprint density at radius 1 is 1.47 bits per heavy atom. The predicted molar refractivity (Wildman–Crippen MR) is 64.7 cm³/mol. The van der Waals surface area contributed by atoms with Crippen molar-refractivity contribution in [1.29, 1.82) is 0 Å². The zero-order valence-electron chi connectivity index (χ0n) is 11.2. The van der Waals surface area contributed by atoms with E-state index in [4.69, 9.17) is 4.74 Å². The Labute approximate surface area is 103 Å². The van der Waals surface area contributed by atoms with E-state index < -0.39 is 11.2 Å². The number of hydrogen-bond donors (Lipinski definition) is 1. The minimum Gasteiger partial charge on any atom is -0.444 e. The summed E-state index contributed by atoms with van der Waals surface area (Å²) in [7, 11) is 0. The number of hydrogen-bond acceptors (Lipinski definition) is 3. The second-order valence-corrected chi connectivity index (χ2v) is 6.30. The molecule has 0 aromatic heterocycles. The van der Waals surface area contributed by atoms with E-state index in [9.17, 15) is 9.90 Å². The molecular weight excluding hydrogens is 218 g/mol. The van der Waals surface area contributed by atoms with Crippen molar-refractivity contribution in [2.75, 3.05) is 0 Å². The van der Waals surface area contributed by atoms with Gasteiger partial charge in [-0.3, -0.25) is 4.90 Å². The summed E-state index contributed by atoms with van der Waals surface area (Å²) in [5.74, 6) is 0. The first kappa shape index (κ1) is 12.7. The largest absolute Gasteiger partial charge is 0.444 e. The molecule has 1 amide bonds. The number of ether oxygens (including phenoxy) is 1. The molecule has 0 spiro atoms. The number of rotatable bonds is 1. The SMILES string of the molecule is CCC1(O)C[C@@H]2CC[C@H]1N2C(=O)OC(C)(C)C. The van der Waals surface area contributed by atoms with Crippen LogP contribution >= 0.6 is 0 Å². The molecule has 98 valence electrons. The van der Waals surface area contributed by atoms with E-state index in [-0.39, 0.29) is 18.2 Å². The van der Waals surface area contributed by atoms with Crippen LogP contribution in [0.1, 0.15) is 53.4 Å². The number of carbonyl (C=O) groups is 1. The summed E-state index contributed by atoms with van der Waals surface area (Å²) in [5, 5.41) is 10.5. The van der Waals surface area contributed by atoms with E-state index in [1.54, 1.807) is 4.90 Å². The molecule has 2 aliphatic rings. The van der Waals surface area contributed by atoms with Crippen LogP contribution in [0.4, 0.5) is 4.79 Å². The van der Waals surface area contributed by atoms with Crippen molar-refractivity contribution in [3.8, 4) is 0 Å². The third kappa shape index (κ3) is 2.15. The molecule has 0 aromatic carbocycles. The summed E-state index contributed by atoms with van der Waals surface area (Å²) in [4.78, 5) is 13.9. The van der Waals surface area contributed by atoms with Gasteiger partial charge >= 0.3 is 6.09 Å². The van der Waals surface area contributed by atoms with Gasteiger partial charge in [-0.1, -0.05) is 6.92 Å². The Bertz CT molecular complexity index is 323. The molecule has 2 rings (SSSR count). The van der Waals surface area contributed by atoms with Crippen molar-refractivity contribution in [3.05, 3.63) is 0 Å². The zero-order valence-corrected chi connectivity index (χ0v) is 11.2. The average molecular weight is 241 g/mol. The lowest BCUT2D eigenvalue weighted by Crippen LogP contribution is -2.46. The fraction of sp³-hybridized carbons (Fsp3) is 0.923. The maximum absolute atomic E-state index is 12.1. The zero-order chi connectivity index (χ0) is 12.8. The van der Waals surface area contributed by atoms with E-state index in [1.807, 2.05) is 27.7 Å². The number of aliphatic hydroxyl groups is 1. The molecule has 2 fully saturated rings. The lowest BCUT2D eigenvalue weighted by atomic mass is 9.83. The van der Waals surface area contributed by atoms with Crippen molar-refractivity contribution in [2.24, 2.45) is 0 Å². The number of amides is 1. The van der Waals surface area contributed by atoms with Crippen LogP contribution in [0.25, 0.3) is 0 Å². The maximum Gasteiger partial charge on any atom is 0.410 e. The van der Waals surface area contributed by atoms with Crippen LogP contribution in [-0.2, 0) is 4.74 Å². The van der Waals surface area contributed by atoms with E-state index in [0.29, 0.717) is 12.8 Å². The Balaban J connectivity index is 2.11. The van der Waals surface area contributed by atoms with Crippen molar-refractivity contribution < 1.29 is 14.6 Å². The van der Waals surface area contributed by atoms with Gasteiger partial charge in [0.15, 0.2) is 0 Å². The fourth-order valence-corrected chi connectivity index (χ4v) is 3.13. The van der Waals surface area contributed by atoms with Crippen molar-refractivity contribution in [1.82, 2.24) is 4.90 Å². The first-order valence-corrected chi connectivity index (χ1v) is 6.50. The van der Waals surface area contributed by atoms with Crippen molar-refractivity contribution in [3.63, 3.8) is 0 Å². The molecule has 2 aliphatic heterocycles. The Kier molecular flexibility index (Phi) is 2.89. The second kappa shape index (κ2) is 3.87. The molecule has 0 aliphatic carbocycles. The first-order chi connectivity index (χ1) is 7.77. The average Bonchev–Trinajstić information content (AvgIpc) is 2.70. The van der Waals surface area contributed by atoms with Crippen molar-refractivity contribution in [2.45, 2.75) is 76.7 Å². The van der Waals surface area contributed by atoms with Crippen LogP contribution < -0.4 is 0 Å². The normalized spacial score (nSPS) is 36.4. The summed E-state index contributed by atoms with van der Waals surface area (Å²) in [5.41, 5.74) is -1.16.